The number of hydrogen-bond acceptors (Lipinski definition) is 5. The van der Waals surface area contributed by atoms with Crippen molar-refractivity contribution in [2.75, 3.05) is 19.9 Å². The molecule has 6 heteroatoms. The van der Waals surface area contributed by atoms with E-state index >= 15 is 0 Å². The van der Waals surface area contributed by atoms with Crippen molar-refractivity contribution < 1.29 is 14.3 Å². The summed E-state index contributed by atoms with van der Waals surface area (Å²) in [6, 6.07) is 7.39. The topological polar surface area (TPSA) is 74.9 Å². The Morgan fingerprint density at radius 2 is 2.05 bits per heavy atom. The number of fused-ring (bicyclic) bond motifs is 1. The molecule has 2 aliphatic heterocycles. The molecule has 1 saturated heterocycles. The van der Waals surface area contributed by atoms with Gasteiger partial charge >= 0.3 is 0 Å². The summed E-state index contributed by atoms with van der Waals surface area (Å²) in [5, 5.41) is 9.12. The smallest absolute Gasteiger partial charge is 0.282 e. The number of amides is 1. The first-order chi connectivity index (χ1) is 10.3. The van der Waals surface area contributed by atoms with Crippen molar-refractivity contribution in [2.45, 2.75) is 19.4 Å². The molecule has 0 saturated carbocycles. The molecule has 0 aromatic heterocycles. The molecule has 0 spiro atoms. The molecule has 1 fully saturated rings. The second-order valence-electron chi connectivity index (χ2n) is 4.96. The van der Waals surface area contributed by atoms with E-state index in [1.54, 1.807) is 4.90 Å². The zero-order valence-corrected chi connectivity index (χ0v) is 11.5. The van der Waals surface area contributed by atoms with Gasteiger partial charge in [-0.15, -0.1) is 0 Å². The van der Waals surface area contributed by atoms with Crippen molar-refractivity contribution in [3.8, 4) is 17.6 Å². The molecule has 2 aliphatic rings. The molecule has 1 amide bonds. The van der Waals surface area contributed by atoms with E-state index in [9.17, 15) is 4.79 Å². The quantitative estimate of drug-likeness (QED) is 0.789. The summed E-state index contributed by atoms with van der Waals surface area (Å²) in [4.78, 5) is 17.9. The number of nitriles is 1. The van der Waals surface area contributed by atoms with Crippen molar-refractivity contribution in [2.24, 2.45) is 4.99 Å². The monoisotopic (exact) mass is 285 g/mol. The molecule has 0 atom stereocenters. The van der Waals surface area contributed by atoms with Crippen molar-refractivity contribution >= 4 is 11.6 Å². The van der Waals surface area contributed by atoms with Crippen LogP contribution in [0.5, 0.6) is 11.5 Å². The van der Waals surface area contributed by atoms with E-state index in [4.69, 9.17) is 14.7 Å². The standard InChI is InChI=1S/C15H15N3O3/c16-8-12(15(19)18-5-1-2-6-18)17-9-11-3-4-13-14(7-11)21-10-20-13/h3-4,7H,1-2,5-6,9-10H2. The largest absolute Gasteiger partial charge is 0.454 e. The Morgan fingerprint density at radius 1 is 1.29 bits per heavy atom. The van der Waals surface area contributed by atoms with Gasteiger partial charge in [0.15, 0.2) is 11.5 Å². The first kappa shape index (κ1) is 13.4. The third kappa shape index (κ3) is 2.82. The molecule has 6 nitrogen and oxygen atoms in total. The van der Waals surface area contributed by atoms with Gasteiger partial charge in [-0.05, 0) is 30.5 Å². The normalized spacial score (nSPS) is 16.9. The maximum atomic E-state index is 12.1. The van der Waals surface area contributed by atoms with Crippen LogP contribution in [0.4, 0.5) is 0 Å². The van der Waals surface area contributed by atoms with Gasteiger partial charge in [-0.2, -0.15) is 5.26 Å². The molecular weight excluding hydrogens is 270 g/mol. The van der Waals surface area contributed by atoms with Crippen LogP contribution in [0, 0.1) is 11.3 Å². The first-order valence-corrected chi connectivity index (χ1v) is 6.90. The minimum atomic E-state index is -0.268. The Morgan fingerprint density at radius 3 is 2.81 bits per heavy atom. The number of carbonyl (C=O) groups excluding carboxylic acids is 1. The third-order valence-corrected chi connectivity index (χ3v) is 3.56. The van der Waals surface area contributed by atoms with Gasteiger partial charge in [0, 0.05) is 13.1 Å². The van der Waals surface area contributed by atoms with Gasteiger partial charge in [0.25, 0.3) is 5.91 Å². The Hall–Kier alpha value is -2.55. The lowest BCUT2D eigenvalue weighted by Crippen LogP contribution is -2.33. The highest BCUT2D eigenvalue weighted by molar-refractivity contribution is 6.45. The van der Waals surface area contributed by atoms with Crippen LogP contribution in [0.15, 0.2) is 23.2 Å². The maximum absolute atomic E-state index is 12.1. The minimum absolute atomic E-state index is 0.0328. The third-order valence-electron chi connectivity index (χ3n) is 3.56. The average molecular weight is 285 g/mol. The zero-order chi connectivity index (χ0) is 14.7. The summed E-state index contributed by atoms with van der Waals surface area (Å²) in [6.07, 6.45) is 1.99. The van der Waals surface area contributed by atoms with Crippen LogP contribution < -0.4 is 9.47 Å². The molecular formula is C15H15N3O3. The number of hydrogen-bond donors (Lipinski definition) is 0. The Bertz CT molecular complexity index is 628. The van der Waals surface area contributed by atoms with Gasteiger partial charge in [-0.25, -0.2) is 0 Å². The van der Waals surface area contributed by atoms with Gasteiger partial charge < -0.3 is 14.4 Å². The highest BCUT2D eigenvalue weighted by atomic mass is 16.7. The van der Waals surface area contributed by atoms with Crippen LogP contribution in [0.1, 0.15) is 18.4 Å². The van der Waals surface area contributed by atoms with E-state index in [0.29, 0.717) is 24.6 Å². The summed E-state index contributed by atoms with van der Waals surface area (Å²) in [7, 11) is 0. The van der Waals surface area contributed by atoms with Gasteiger partial charge in [0.05, 0.1) is 6.54 Å². The highest BCUT2D eigenvalue weighted by Gasteiger charge is 2.22. The van der Waals surface area contributed by atoms with Gasteiger partial charge in [0.1, 0.15) is 6.07 Å². The van der Waals surface area contributed by atoms with E-state index in [1.807, 2.05) is 24.3 Å². The number of benzene rings is 1. The van der Waals surface area contributed by atoms with Crippen LogP contribution in [0.2, 0.25) is 0 Å². The van der Waals surface area contributed by atoms with E-state index < -0.39 is 0 Å². The second-order valence-corrected chi connectivity index (χ2v) is 4.96. The predicted octanol–water partition coefficient (Wildman–Crippen LogP) is 1.50. The lowest BCUT2D eigenvalue weighted by molar-refractivity contribution is -0.122. The number of rotatable bonds is 3. The SMILES string of the molecule is N#CC(=NCc1ccc2c(c1)OCO2)C(=O)N1CCCC1. The molecule has 21 heavy (non-hydrogen) atoms. The van der Waals surface area contributed by atoms with Gasteiger partial charge in [-0.1, -0.05) is 6.07 Å². The Labute approximate surface area is 122 Å². The lowest BCUT2D eigenvalue weighted by Gasteiger charge is -2.13. The van der Waals surface area contributed by atoms with Crippen LogP contribution in [-0.4, -0.2) is 36.4 Å². The van der Waals surface area contributed by atoms with Crippen molar-refractivity contribution in [1.82, 2.24) is 4.90 Å². The number of likely N-dealkylation sites (tertiary alicyclic amines) is 1. The van der Waals surface area contributed by atoms with Crippen LogP contribution in [0.25, 0.3) is 0 Å². The van der Waals surface area contributed by atoms with E-state index in [2.05, 4.69) is 4.99 Å². The van der Waals surface area contributed by atoms with Crippen molar-refractivity contribution in [3.05, 3.63) is 23.8 Å². The Balaban J connectivity index is 1.71. The molecule has 0 N–H and O–H groups in total. The molecule has 1 aromatic rings. The fourth-order valence-electron chi connectivity index (χ4n) is 2.43. The van der Waals surface area contributed by atoms with Crippen molar-refractivity contribution in [1.29, 1.82) is 5.26 Å². The molecule has 1 aromatic carbocycles. The molecule has 0 unspecified atom stereocenters. The summed E-state index contributed by atoms with van der Waals surface area (Å²) < 4.78 is 10.5. The maximum Gasteiger partial charge on any atom is 0.282 e. The second kappa shape index (κ2) is 5.83. The molecule has 108 valence electrons. The fourth-order valence-corrected chi connectivity index (χ4v) is 2.43. The Kier molecular flexibility index (Phi) is 3.73. The van der Waals surface area contributed by atoms with E-state index in [0.717, 1.165) is 18.4 Å². The molecule has 0 aliphatic carbocycles. The number of aliphatic imine (C=N–C) groups is 1. The summed E-state index contributed by atoms with van der Waals surface area (Å²) in [6.45, 7) is 1.92. The van der Waals surface area contributed by atoms with Crippen LogP contribution >= 0.6 is 0 Å². The molecule has 2 heterocycles. The van der Waals surface area contributed by atoms with Crippen molar-refractivity contribution in [3.63, 3.8) is 0 Å². The molecule has 3 rings (SSSR count). The number of ether oxygens (including phenoxy) is 2. The molecule has 0 bridgehead atoms. The number of nitrogens with zero attached hydrogens (tertiary/aromatic N) is 3. The van der Waals surface area contributed by atoms with Crippen LogP contribution in [0.3, 0.4) is 0 Å². The minimum Gasteiger partial charge on any atom is -0.454 e. The summed E-state index contributed by atoms with van der Waals surface area (Å²) in [5.74, 6) is 1.11. The molecule has 0 radical (unpaired) electrons. The van der Waals surface area contributed by atoms with Gasteiger partial charge in [-0.3, -0.25) is 9.79 Å². The van der Waals surface area contributed by atoms with E-state index in [1.165, 1.54) is 0 Å². The van der Waals surface area contributed by atoms with Crippen LogP contribution in [-0.2, 0) is 11.3 Å². The zero-order valence-electron chi connectivity index (χ0n) is 11.5. The number of carbonyl (C=O) groups is 1. The first-order valence-electron chi connectivity index (χ1n) is 6.90. The predicted molar refractivity (Wildman–Crippen MR) is 75.1 cm³/mol. The highest BCUT2D eigenvalue weighted by Crippen LogP contribution is 2.32. The summed E-state index contributed by atoms with van der Waals surface area (Å²) >= 11 is 0. The lowest BCUT2D eigenvalue weighted by atomic mass is 10.2. The fraction of sp³-hybridized carbons (Fsp3) is 0.400. The van der Waals surface area contributed by atoms with Gasteiger partial charge in [0.2, 0.25) is 12.5 Å². The van der Waals surface area contributed by atoms with E-state index in [-0.39, 0.29) is 25.0 Å². The summed E-state index contributed by atoms with van der Waals surface area (Å²) in [5.41, 5.74) is 0.843. The average Bonchev–Trinajstić information content (AvgIpc) is 3.18.